The van der Waals surface area contributed by atoms with Crippen molar-refractivity contribution >= 4 is 16.9 Å². The van der Waals surface area contributed by atoms with Gasteiger partial charge in [-0.3, -0.25) is 4.90 Å². The van der Waals surface area contributed by atoms with Gasteiger partial charge in [-0.05, 0) is 63.5 Å². The van der Waals surface area contributed by atoms with Gasteiger partial charge in [0.1, 0.15) is 12.3 Å². The monoisotopic (exact) mass is 401 g/mol. The molecule has 3 heterocycles. The first kappa shape index (κ1) is 20.0. The van der Waals surface area contributed by atoms with Crippen LogP contribution in [-0.4, -0.2) is 81.4 Å². The number of ether oxygens (including phenoxy) is 3. The van der Waals surface area contributed by atoms with E-state index in [-0.39, 0.29) is 5.97 Å². The van der Waals surface area contributed by atoms with E-state index in [1.54, 1.807) is 13.2 Å². The minimum atomic E-state index is -0.389. The van der Waals surface area contributed by atoms with Crippen LogP contribution < -0.4 is 9.47 Å². The highest BCUT2D eigenvalue weighted by Crippen LogP contribution is 2.40. The maximum absolute atomic E-state index is 11.8. The van der Waals surface area contributed by atoms with Gasteiger partial charge in [-0.15, -0.1) is 0 Å². The number of carbonyl (C=O) groups is 1. The standard InChI is InChI=1S/C22H31N3O4/c1-24-7-4-22(5-8-24)6-9-25(15-22)10-11-29-20-13-16-12-18(21(26)28-3)23-17(16)14-19(20)27-2/h12-14,23H,4-11,15H2,1-3H3. The van der Waals surface area contributed by atoms with Gasteiger partial charge in [0.2, 0.25) is 0 Å². The van der Waals surface area contributed by atoms with Crippen molar-refractivity contribution < 1.29 is 19.0 Å². The van der Waals surface area contributed by atoms with Crippen LogP contribution >= 0.6 is 0 Å². The molecule has 2 saturated heterocycles. The summed E-state index contributed by atoms with van der Waals surface area (Å²) in [6, 6.07) is 5.55. The summed E-state index contributed by atoms with van der Waals surface area (Å²) in [4.78, 5) is 19.8. The maximum Gasteiger partial charge on any atom is 0.354 e. The van der Waals surface area contributed by atoms with Crippen LogP contribution in [0, 0.1) is 5.41 Å². The Balaban J connectivity index is 1.37. The molecule has 0 saturated carbocycles. The van der Waals surface area contributed by atoms with Crippen LogP contribution in [0.2, 0.25) is 0 Å². The second-order valence-electron chi connectivity index (χ2n) is 8.44. The lowest BCUT2D eigenvalue weighted by Crippen LogP contribution is -2.40. The Kier molecular flexibility index (Phi) is 5.69. The summed E-state index contributed by atoms with van der Waals surface area (Å²) in [6.07, 6.45) is 3.92. The summed E-state index contributed by atoms with van der Waals surface area (Å²) in [5.41, 5.74) is 1.75. The van der Waals surface area contributed by atoms with E-state index in [4.69, 9.17) is 14.2 Å². The zero-order valence-electron chi connectivity index (χ0n) is 17.6. The third kappa shape index (κ3) is 4.21. The second-order valence-corrected chi connectivity index (χ2v) is 8.44. The zero-order chi connectivity index (χ0) is 20.4. The molecule has 2 fully saturated rings. The first-order valence-electron chi connectivity index (χ1n) is 10.3. The fourth-order valence-electron chi connectivity index (χ4n) is 4.64. The van der Waals surface area contributed by atoms with Gasteiger partial charge >= 0.3 is 5.97 Å². The van der Waals surface area contributed by atoms with E-state index in [1.165, 1.54) is 46.0 Å². The smallest absolute Gasteiger partial charge is 0.354 e. The highest BCUT2D eigenvalue weighted by molar-refractivity contribution is 5.95. The van der Waals surface area contributed by atoms with Crippen LogP contribution in [0.1, 0.15) is 29.8 Å². The summed E-state index contributed by atoms with van der Waals surface area (Å²) in [7, 11) is 5.22. The number of nitrogens with zero attached hydrogens (tertiary/aromatic N) is 2. The molecular formula is C22H31N3O4. The Labute approximate surface area is 171 Å². The number of benzene rings is 1. The number of hydrogen-bond acceptors (Lipinski definition) is 6. The molecule has 0 bridgehead atoms. The first-order valence-corrected chi connectivity index (χ1v) is 10.3. The van der Waals surface area contributed by atoms with E-state index in [1.807, 2.05) is 12.1 Å². The van der Waals surface area contributed by atoms with Gasteiger partial charge in [0.15, 0.2) is 11.5 Å². The van der Waals surface area contributed by atoms with Gasteiger partial charge in [0.25, 0.3) is 0 Å². The number of methoxy groups -OCH3 is 2. The third-order valence-electron chi connectivity index (χ3n) is 6.54. The molecule has 7 nitrogen and oxygen atoms in total. The van der Waals surface area contributed by atoms with E-state index < -0.39 is 0 Å². The third-order valence-corrected chi connectivity index (χ3v) is 6.54. The van der Waals surface area contributed by atoms with Gasteiger partial charge in [-0.2, -0.15) is 0 Å². The Bertz CT molecular complexity index is 870. The largest absolute Gasteiger partial charge is 0.493 e. The molecular weight excluding hydrogens is 370 g/mol. The van der Waals surface area contributed by atoms with E-state index in [9.17, 15) is 4.79 Å². The molecule has 0 radical (unpaired) electrons. The van der Waals surface area contributed by atoms with Gasteiger partial charge in [-0.1, -0.05) is 0 Å². The molecule has 7 heteroatoms. The lowest BCUT2D eigenvalue weighted by atomic mass is 9.78. The Morgan fingerprint density at radius 2 is 1.86 bits per heavy atom. The van der Waals surface area contributed by atoms with Crippen molar-refractivity contribution in [1.82, 2.24) is 14.8 Å². The Morgan fingerprint density at radius 1 is 1.10 bits per heavy atom. The predicted octanol–water partition coefficient (Wildman–Crippen LogP) is 2.76. The topological polar surface area (TPSA) is 67.0 Å². The molecule has 1 aromatic carbocycles. The molecule has 158 valence electrons. The van der Waals surface area contributed by atoms with Gasteiger partial charge in [-0.25, -0.2) is 4.79 Å². The number of H-pyrrole nitrogens is 1. The quantitative estimate of drug-likeness (QED) is 0.751. The average Bonchev–Trinajstić information content (AvgIpc) is 3.33. The van der Waals surface area contributed by atoms with E-state index in [0.29, 0.717) is 29.2 Å². The van der Waals surface area contributed by atoms with Crippen molar-refractivity contribution in [3.05, 3.63) is 23.9 Å². The summed E-state index contributed by atoms with van der Waals surface area (Å²) in [5, 5.41) is 0.896. The van der Waals surface area contributed by atoms with Crippen LogP contribution in [-0.2, 0) is 4.74 Å². The average molecular weight is 402 g/mol. The SMILES string of the molecule is COC(=O)c1cc2cc(OCCN3CCC4(CCN(C)CC4)C3)c(OC)cc2[nH]1. The summed E-state index contributed by atoms with van der Waals surface area (Å²) in [5.74, 6) is 0.965. The lowest BCUT2D eigenvalue weighted by Gasteiger charge is -2.37. The molecule has 2 aliphatic rings. The van der Waals surface area contributed by atoms with Gasteiger partial charge in [0, 0.05) is 24.5 Å². The molecule has 2 aliphatic heterocycles. The maximum atomic E-state index is 11.8. The highest BCUT2D eigenvalue weighted by atomic mass is 16.5. The molecule has 29 heavy (non-hydrogen) atoms. The van der Waals surface area contributed by atoms with Crippen LogP contribution in [0.25, 0.3) is 10.9 Å². The van der Waals surface area contributed by atoms with Crippen molar-refractivity contribution in [2.45, 2.75) is 19.3 Å². The lowest BCUT2D eigenvalue weighted by molar-refractivity contribution is 0.0595. The fourth-order valence-corrected chi connectivity index (χ4v) is 4.64. The van der Waals surface area contributed by atoms with Crippen molar-refractivity contribution in [3.8, 4) is 11.5 Å². The number of nitrogens with one attached hydrogen (secondary N) is 1. The van der Waals surface area contributed by atoms with E-state index in [2.05, 4.69) is 21.8 Å². The van der Waals surface area contributed by atoms with Crippen LogP contribution in [0.3, 0.4) is 0 Å². The normalized spacial score (nSPS) is 19.7. The predicted molar refractivity (Wildman–Crippen MR) is 112 cm³/mol. The number of aromatic amines is 1. The van der Waals surface area contributed by atoms with Crippen molar-refractivity contribution in [2.24, 2.45) is 5.41 Å². The molecule has 0 aliphatic carbocycles. The summed E-state index contributed by atoms with van der Waals surface area (Å²) >= 11 is 0. The van der Waals surface area contributed by atoms with Crippen molar-refractivity contribution in [2.75, 3.05) is 60.6 Å². The Hall–Kier alpha value is -2.25. The second kappa shape index (κ2) is 8.24. The number of carbonyl (C=O) groups excluding carboxylic acids is 1. The molecule has 1 aromatic heterocycles. The van der Waals surface area contributed by atoms with Crippen molar-refractivity contribution in [3.63, 3.8) is 0 Å². The first-order chi connectivity index (χ1) is 14.0. The number of piperidine rings is 1. The number of rotatable bonds is 6. The van der Waals surface area contributed by atoms with Gasteiger partial charge in [0.05, 0.1) is 19.7 Å². The Morgan fingerprint density at radius 3 is 2.59 bits per heavy atom. The number of hydrogen-bond donors (Lipinski definition) is 1. The van der Waals surface area contributed by atoms with Gasteiger partial charge < -0.3 is 24.1 Å². The zero-order valence-corrected chi connectivity index (χ0v) is 17.6. The molecule has 0 atom stereocenters. The van der Waals surface area contributed by atoms with Crippen LogP contribution in [0.5, 0.6) is 11.5 Å². The number of fused-ring (bicyclic) bond motifs is 1. The van der Waals surface area contributed by atoms with Crippen LogP contribution in [0.15, 0.2) is 18.2 Å². The number of aromatic nitrogens is 1. The number of likely N-dealkylation sites (tertiary alicyclic amines) is 2. The number of esters is 1. The molecule has 4 rings (SSSR count). The summed E-state index contributed by atoms with van der Waals surface area (Å²) in [6.45, 7) is 6.30. The van der Waals surface area contributed by atoms with Crippen LogP contribution in [0.4, 0.5) is 0 Å². The molecule has 1 N–H and O–H groups in total. The fraction of sp³-hybridized carbons (Fsp3) is 0.591. The molecule has 0 unspecified atom stereocenters. The highest BCUT2D eigenvalue weighted by Gasteiger charge is 2.39. The molecule has 2 aromatic rings. The van der Waals surface area contributed by atoms with E-state index >= 15 is 0 Å². The molecule has 1 spiro atoms. The van der Waals surface area contributed by atoms with E-state index in [0.717, 1.165) is 24.0 Å². The minimum Gasteiger partial charge on any atom is -0.493 e. The van der Waals surface area contributed by atoms with Crippen molar-refractivity contribution in [1.29, 1.82) is 0 Å². The minimum absolute atomic E-state index is 0.389. The summed E-state index contributed by atoms with van der Waals surface area (Å²) < 4.78 is 16.4. The molecule has 0 amide bonds.